The molecule has 6 heteroatoms. The van der Waals surface area contributed by atoms with Crippen LogP contribution in [-0.4, -0.2) is 46.3 Å². The third kappa shape index (κ3) is 2.60. The number of piperidine rings is 1. The normalized spacial score (nSPS) is 27.2. The monoisotopic (exact) mass is 366 g/mol. The van der Waals surface area contributed by atoms with E-state index in [0.29, 0.717) is 28.2 Å². The topological polar surface area (TPSA) is 40.6 Å². The lowest BCUT2D eigenvalue weighted by Crippen LogP contribution is -2.61. The summed E-state index contributed by atoms with van der Waals surface area (Å²) >= 11 is 12.1. The van der Waals surface area contributed by atoms with Crippen LogP contribution in [0.2, 0.25) is 10.0 Å². The number of nitrogens with zero attached hydrogens (tertiary/aromatic N) is 2. The number of likely N-dealkylation sites (tertiary alicyclic amines) is 2. The maximum atomic E-state index is 13.2. The molecule has 128 valence electrons. The fourth-order valence-corrected chi connectivity index (χ4v) is 4.77. The standard InChI is InChI=1S/C18H20Cl2N2O2/c19-13-9-12(10-14(20)11-13)16(23)22-8-2-6-18(22)5-1-7-21(17(18)24)15-3-4-15/h9-11,15H,1-8H2. The Morgan fingerprint density at radius 2 is 1.67 bits per heavy atom. The van der Waals surface area contributed by atoms with Gasteiger partial charge in [-0.1, -0.05) is 23.2 Å². The number of halogens is 2. The van der Waals surface area contributed by atoms with E-state index >= 15 is 0 Å². The zero-order valence-corrected chi connectivity index (χ0v) is 14.9. The van der Waals surface area contributed by atoms with Gasteiger partial charge in [-0.3, -0.25) is 9.59 Å². The third-order valence-corrected chi connectivity index (χ3v) is 5.92. The molecule has 1 aliphatic carbocycles. The number of carbonyl (C=O) groups excluding carboxylic acids is 2. The summed E-state index contributed by atoms with van der Waals surface area (Å²) in [5.74, 6) is 0.0121. The molecule has 1 unspecified atom stereocenters. The Kier molecular flexibility index (Phi) is 4.00. The predicted molar refractivity (Wildman–Crippen MR) is 93.4 cm³/mol. The van der Waals surface area contributed by atoms with E-state index in [2.05, 4.69) is 0 Å². The maximum Gasteiger partial charge on any atom is 0.254 e. The molecule has 4 nitrogen and oxygen atoms in total. The van der Waals surface area contributed by atoms with Crippen molar-refractivity contribution in [2.75, 3.05) is 13.1 Å². The highest BCUT2D eigenvalue weighted by molar-refractivity contribution is 6.35. The van der Waals surface area contributed by atoms with Gasteiger partial charge in [-0.05, 0) is 56.7 Å². The van der Waals surface area contributed by atoms with E-state index in [9.17, 15) is 9.59 Å². The molecule has 1 saturated carbocycles. The summed E-state index contributed by atoms with van der Waals surface area (Å²) in [6, 6.07) is 5.27. The van der Waals surface area contributed by atoms with Crippen molar-refractivity contribution in [2.45, 2.75) is 50.1 Å². The minimum Gasteiger partial charge on any atom is -0.338 e. The van der Waals surface area contributed by atoms with Gasteiger partial charge in [0.15, 0.2) is 0 Å². The lowest BCUT2D eigenvalue weighted by Gasteiger charge is -2.44. The summed E-state index contributed by atoms with van der Waals surface area (Å²) in [5, 5.41) is 0.877. The zero-order chi connectivity index (χ0) is 16.9. The first-order valence-corrected chi connectivity index (χ1v) is 9.36. The van der Waals surface area contributed by atoms with Crippen molar-refractivity contribution in [2.24, 2.45) is 0 Å². The van der Waals surface area contributed by atoms with Crippen LogP contribution in [0.5, 0.6) is 0 Å². The number of hydrogen-bond acceptors (Lipinski definition) is 2. The van der Waals surface area contributed by atoms with Gasteiger partial charge in [0.25, 0.3) is 5.91 Å². The van der Waals surface area contributed by atoms with Crippen LogP contribution >= 0.6 is 23.2 Å². The molecule has 4 rings (SSSR count). The number of benzene rings is 1. The minimum absolute atomic E-state index is 0.136. The van der Waals surface area contributed by atoms with Gasteiger partial charge in [0, 0.05) is 34.7 Å². The number of carbonyl (C=O) groups is 2. The first kappa shape index (κ1) is 16.2. The van der Waals surface area contributed by atoms with Crippen LogP contribution in [0.4, 0.5) is 0 Å². The average molecular weight is 367 g/mol. The summed E-state index contributed by atoms with van der Waals surface area (Å²) in [6.07, 6.45) is 5.54. The molecule has 3 aliphatic rings. The summed E-state index contributed by atoms with van der Waals surface area (Å²) in [4.78, 5) is 30.1. The van der Waals surface area contributed by atoms with Gasteiger partial charge in [0.2, 0.25) is 5.91 Å². The quantitative estimate of drug-likeness (QED) is 0.799. The van der Waals surface area contributed by atoms with E-state index in [1.54, 1.807) is 23.1 Å². The predicted octanol–water partition coefficient (Wildman–Crippen LogP) is 3.75. The van der Waals surface area contributed by atoms with Gasteiger partial charge < -0.3 is 9.80 Å². The molecule has 1 aromatic carbocycles. The van der Waals surface area contributed by atoms with Crippen molar-refractivity contribution < 1.29 is 9.59 Å². The largest absolute Gasteiger partial charge is 0.338 e. The highest BCUT2D eigenvalue weighted by Gasteiger charge is 2.54. The molecule has 1 atom stereocenters. The van der Waals surface area contributed by atoms with E-state index in [4.69, 9.17) is 23.2 Å². The summed E-state index contributed by atoms with van der Waals surface area (Å²) in [6.45, 7) is 1.45. The molecule has 0 aromatic heterocycles. The van der Waals surface area contributed by atoms with Crippen LogP contribution in [-0.2, 0) is 4.79 Å². The highest BCUT2D eigenvalue weighted by Crippen LogP contribution is 2.42. The Bertz CT molecular complexity index is 684. The molecule has 0 bridgehead atoms. The van der Waals surface area contributed by atoms with E-state index < -0.39 is 5.54 Å². The zero-order valence-electron chi connectivity index (χ0n) is 13.4. The van der Waals surface area contributed by atoms with Crippen LogP contribution < -0.4 is 0 Å². The first-order chi connectivity index (χ1) is 11.5. The van der Waals surface area contributed by atoms with Crippen molar-refractivity contribution in [3.63, 3.8) is 0 Å². The van der Waals surface area contributed by atoms with Gasteiger partial charge in [-0.25, -0.2) is 0 Å². The fraction of sp³-hybridized carbons (Fsp3) is 0.556. The number of rotatable bonds is 2. The van der Waals surface area contributed by atoms with Crippen molar-refractivity contribution >= 4 is 35.0 Å². The van der Waals surface area contributed by atoms with Crippen LogP contribution in [0.25, 0.3) is 0 Å². The molecular formula is C18H20Cl2N2O2. The Balaban J connectivity index is 1.66. The summed E-state index contributed by atoms with van der Waals surface area (Å²) in [7, 11) is 0. The van der Waals surface area contributed by atoms with Crippen LogP contribution in [0, 0.1) is 0 Å². The van der Waals surface area contributed by atoms with Gasteiger partial charge in [-0.2, -0.15) is 0 Å². The van der Waals surface area contributed by atoms with Gasteiger partial charge in [0.1, 0.15) is 5.54 Å². The second kappa shape index (κ2) is 5.92. The molecule has 2 amide bonds. The second-order valence-electron chi connectivity index (χ2n) is 7.08. The summed E-state index contributed by atoms with van der Waals surface area (Å²) < 4.78 is 0. The second-order valence-corrected chi connectivity index (χ2v) is 7.96. The van der Waals surface area contributed by atoms with E-state index in [1.165, 1.54) is 0 Å². The Hall–Kier alpha value is -1.26. The van der Waals surface area contributed by atoms with Crippen molar-refractivity contribution in [1.29, 1.82) is 0 Å². The van der Waals surface area contributed by atoms with Gasteiger partial charge >= 0.3 is 0 Å². The van der Waals surface area contributed by atoms with E-state index in [0.717, 1.165) is 45.1 Å². The van der Waals surface area contributed by atoms with Crippen molar-refractivity contribution in [3.8, 4) is 0 Å². The van der Waals surface area contributed by atoms with Crippen LogP contribution in [0.1, 0.15) is 48.9 Å². The lowest BCUT2D eigenvalue weighted by atomic mass is 9.85. The highest BCUT2D eigenvalue weighted by atomic mass is 35.5. The van der Waals surface area contributed by atoms with E-state index in [1.807, 2.05) is 4.90 Å². The Morgan fingerprint density at radius 1 is 1.04 bits per heavy atom. The molecule has 0 N–H and O–H groups in total. The maximum absolute atomic E-state index is 13.2. The van der Waals surface area contributed by atoms with E-state index in [-0.39, 0.29) is 11.8 Å². The molecule has 3 fully saturated rings. The number of hydrogen-bond donors (Lipinski definition) is 0. The SMILES string of the molecule is O=C(c1cc(Cl)cc(Cl)c1)N1CCCC12CCCN(C1CC1)C2=O. The van der Waals surface area contributed by atoms with Crippen molar-refractivity contribution in [1.82, 2.24) is 9.80 Å². The molecule has 1 spiro atoms. The molecule has 2 aliphatic heterocycles. The van der Waals surface area contributed by atoms with Crippen molar-refractivity contribution in [3.05, 3.63) is 33.8 Å². The average Bonchev–Trinajstić information content (AvgIpc) is 3.29. The minimum atomic E-state index is -0.660. The molecule has 24 heavy (non-hydrogen) atoms. The molecule has 0 radical (unpaired) electrons. The van der Waals surface area contributed by atoms with Crippen LogP contribution in [0.3, 0.4) is 0 Å². The molecular weight excluding hydrogens is 347 g/mol. The fourth-order valence-electron chi connectivity index (χ4n) is 4.24. The third-order valence-electron chi connectivity index (χ3n) is 5.48. The molecule has 2 saturated heterocycles. The Morgan fingerprint density at radius 3 is 2.29 bits per heavy atom. The van der Waals surface area contributed by atoms with Crippen LogP contribution in [0.15, 0.2) is 18.2 Å². The smallest absolute Gasteiger partial charge is 0.254 e. The summed E-state index contributed by atoms with van der Waals surface area (Å²) in [5.41, 5.74) is -0.197. The lowest BCUT2D eigenvalue weighted by molar-refractivity contribution is -0.146. The number of amides is 2. The van der Waals surface area contributed by atoms with Gasteiger partial charge in [0.05, 0.1) is 0 Å². The molecule has 2 heterocycles. The first-order valence-electron chi connectivity index (χ1n) is 8.60. The Labute approximate surface area is 151 Å². The molecule has 1 aromatic rings. The van der Waals surface area contributed by atoms with Gasteiger partial charge in [-0.15, -0.1) is 0 Å².